The van der Waals surface area contributed by atoms with Crippen LogP contribution < -0.4 is 0 Å². The number of fused-ring (bicyclic) bond motifs is 1. The van der Waals surface area contributed by atoms with Crippen LogP contribution in [0.3, 0.4) is 0 Å². The molecule has 436 valence electrons. The molecule has 25 heteroatoms. The summed E-state index contributed by atoms with van der Waals surface area (Å²) in [6.45, 7) is 0.820. The summed E-state index contributed by atoms with van der Waals surface area (Å²) in [6.07, 6.45) is -30.0. The van der Waals surface area contributed by atoms with Crippen molar-refractivity contribution in [2.75, 3.05) is 82.8 Å². The SMILES string of the molecule is COC[C@H]1O[C@H](O[C@H]2C(COCc3ccccc3)O[C@@H](C)C(OC)[C@H]2OC)C(OC)C(OC)[C@@H]1O[C@H]1O[C@H](CO)[C@@H](O[C@@H]2OC(CO)[C@H](O[C@@H]3OC4COC(c5ccccc5)O[C@@H]4[C@H](O)C3O)[C@H](O)C2O)C(OC)C1OC. The van der Waals surface area contributed by atoms with Gasteiger partial charge in [0.1, 0.15) is 122 Å². The predicted octanol–water partition coefficient (Wildman–Crippen LogP) is -1.29. The molecule has 2 aromatic carbocycles. The zero-order valence-electron chi connectivity index (χ0n) is 44.5. The van der Waals surface area contributed by atoms with Crippen molar-refractivity contribution in [1.29, 1.82) is 0 Å². The average molecular weight is 1100 g/mol. The number of ether oxygens (including phenoxy) is 19. The largest absolute Gasteiger partial charge is 0.394 e. The third-order valence-electron chi connectivity index (χ3n) is 15.0. The average Bonchev–Trinajstić information content (AvgIpc) is 3.45. The quantitative estimate of drug-likeness (QED) is 0.0755. The molecule has 0 aliphatic carbocycles. The molecule has 11 unspecified atom stereocenters. The number of aliphatic hydroxyl groups is 6. The van der Waals surface area contributed by atoms with Gasteiger partial charge in [0, 0.05) is 55.3 Å². The van der Waals surface area contributed by atoms with Crippen LogP contribution in [0.15, 0.2) is 60.7 Å². The van der Waals surface area contributed by atoms with Crippen LogP contribution in [0.4, 0.5) is 0 Å². The van der Waals surface area contributed by atoms with E-state index in [-0.39, 0.29) is 19.8 Å². The Kier molecular flexibility index (Phi) is 22.3. The molecular weight excluding hydrogens is 1020 g/mol. The van der Waals surface area contributed by atoms with Gasteiger partial charge in [-0.15, -0.1) is 0 Å². The van der Waals surface area contributed by atoms with Gasteiger partial charge in [0.25, 0.3) is 0 Å². The minimum atomic E-state index is -1.88. The lowest BCUT2D eigenvalue weighted by Crippen LogP contribution is -2.68. The lowest BCUT2D eigenvalue weighted by molar-refractivity contribution is -0.400. The summed E-state index contributed by atoms with van der Waals surface area (Å²) in [5.41, 5.74) is 1.68. The van der Waals surface area contributed by atoms with Gasteiger partial charge in [-0.3, -0.25) is 0 Å². The summed E-state index contributed by atoms with van der Waals surface area (Å²) in [6, 6.07) is 18.8. The monoisotopic (exact) mass is 1100 g/mol. The Hall–Kier alpha value is -2.56. The Morgan fingerprint density at radius 3 is 1.49 bits per heavy atom. The first-order chi connectivity index (χ1) is 37.4. The third kappa shape index (κ3) is 13.4. The number of hydrogen-bond acceptors (Lipinski definition) is 25. The van der Waals surface area contributed by atoms with E-state index in [4.69, 9.17) is 90.0 Å². The molecule has 6 saturated heterocycles. The first-order valence-corrected chi connectivity index (χ1v) is 25.8. The minimum absolute atomic E-state index is 0.0359. The first-order valence-electron chi connectivity index (χ1n) is 25.8. The Balaban J connectivity index is 0.938. The minimum Gasteiger partial charge on any atom is -0.394 e. The van der Waals surface area contributed by atoms with Crippen LogP contribution in [0.1, 0.15) is 24.3 Å². The van der Waals surface area contributed by atoms with E-state index in [0.29, 0.717) is 12.2 Å². The maximum Gasteiger partial charge on any atom is 0.187 e. The molecule has 0 bridgehead atoms. The van der Waals surface area contributed by atoms with Gasteiger partial charge >= 0.3 is 0 Å². The summed E-state index contributed by atoms with van der Waals surface area (Å²) in [5, 5.41) is 66.9. The number of methoxy groups -OCH3 is 7. The van der Waals surface area contributed by atoms with E-state index < -0.39 is 173 Å². The van der Waals surface area contributed by atoms with Gasteiger partial charge in [0.15, 0.2) is 31.5 Å². The molecule has 0 aromatic heterocycles. The third-order valence-corrected chi connectivity index (χ3v) is 15.0. The summed E-state index contributed by atoms with van der Waals surface area (Å²) in [5.74, 6) is 0. The molecule has 6 aliphatic rings. The van der Waals surface area contributed by atoms with Crippen LogP contribution in [0.2, 0.25) is 0 Å². The number of aliphatic hydroxyl groups excluding tert-OH is 6. The van der Waals surface area contributed by atoms with E-state index in [1.54, 1.807) is 26.4 Å². The molecule has 0 saturated carbocycles. The van der Waals surface area contributed by atoms with Crippen molar-refractivity contribution in [3.63, 3.8) is 0 Å². The van der Waals surface area contributed by atoms with E-state index in [9.17, 15) is 30.6 Å². The van der Waals surface area contributed by atoms with Gasteiger partial charge in [-0.2, -0.15) is 0 Å². The van der Waals surface area contributed by atoms with E-state index in [0.717, 1.165) is 5.56 Å². The van der Waals surface area contributed by atoms with Gasteiger partial charge < -0.3 is 121 Å². The molecule has 2 aromatic rings. The van der Waals surface area contributed by atoms with Gasteiger partial charge in [-0.05, 0) is 12.5 Å². The second-order valence-electron chi connectivity index (χ2n) is 19.6. The highest BCUT2D eigenvalue weighted by atomic mass is 16.8. The highest BCUT2D eigenvalue weighted by Crippen LogP contribution is 2.40. The van der Waals surface area contributed by atoms with Gasteiger partial charge in [-0.25, -0.2) is 0 Å². The van der Waals surface area contributed by atoms with Crippen LogP contribution in [-0.2, 0) is 96.6 Å². The van der Waals surface area contributed by atoms with Gasteiger partial charge in [0.05, 0.1) is 45.7 Å². The van der Waals surface area contributed by atoms with Crippen LogP contribution in [-0.4, -0.2) is 267 Å². The van der Waals surface area contributed by atoms with Crippen LogP contribution in [0.25, 0.3) is 0 Å². The number of rotatable bonds is 23. The molecule has 25 nitrogen and oxygen atoms in total. The highest BCUT2D eigenvalue weighted by molar-refractivity contribution is 5.17. The molecule has 6 fully saturated rings. The van der Waals surface area contributed by atoms with Crippen molar-refractivity contribution in [1.82, 2.24) is 0 Å². The van der Waals surface area contributed by atoms with E-state index in [1.165, 1.54) is 35.5 Å². The molecule has 0 radical (unpaired) electrons. The van der Waals surface area contributed by atoms with Crippen LogP contribution in [0, 0.1) is 0 Å². The standard InChI is InChI=1S/C52H78O25/c1-25-37(60-3)43(61-4)42(31(68-25)23-66-21-26-15-11-9-12-16-26)77-52-47(65-8)45(63-6)41(30(72-52)22-59-2)76-51-46(64-7)44(62-5)40(29(20-54)70-51)75-49-35(57)33(55)38(28(19-53)69-49)74-50-36(58)34(56)39-32(71-50)24-67-48(73-39)27-17-13-10-14-18-27/h9-18,25,28-58H,19-24H2,1-8H3/t25-,28?,29+,30+,31?,32?,33+,34+,35?,36?,37?,38-,39-,40+,41+,42-,43+,44?,45?,46?,47?,48?,49-,50-,51+,52+/m0/s1. The van der Waals surface area contributed by atoms with Crippen molar-refractivity contribution in [3.05, 3.63) is 71.8 Å². The van der Waals surface area contributed by atoms with Crippen LogP contribution in [0.5, 0.6) is 0 Å². The van der Waals surface area contributed by atoms with Crippen LogP contribution >= 0.6 is 0 Å². The van der Waals surface area contributed by atoms with Gasteiger partial charge in [0.2, 0.25) is 0 Å². The maximum atomic E-state index is 11.6. The maximum absolute atomic E-state index is 11.6. The van der Waals surface area contributed by atoms with E-state index in [2.05, 4.69) is 0 Å². The molecule has 6 heterocycles. The van der Waals surface area contributed by atoms with Crippen molar-refractivity contribution >= 4 is 0 Å². The van der Waals surface area contributed by atoms with E-state index >= 15 is 0 Å². The second kappa shape index (κ2) is 28.4. The lowest BCUT2D eigenvalue weighted by atomic mass is 9.94. The summed E-state index contributed by atoms with van der Waals surface area (Å²) < 4.78 is 117. The molecule has 8 rings (SSSR count). The second-order valence-corrected chi connectivity index (χ2v) is 19.6. The summed E-state index contributed by atoms with van der Waals surface area (Å²) in [7, 11) is 10.3. The molecule has 0 amide bonds. The Bertz CT molecular complexity index is 2010. The molecule has 6 N–H and O–H groups in total. The van der Waals surface area contributed by atoms with Crippen molar-refractivity contribution < 1.29 is 121 Å². The fourth-order valence-corrected chi connectivity index (χ4v) is 11.1. The molecular formula is C52H78O25. The number of hydrogen-bond donors (Lipinski definition) is 6. The fraction of sp³-hybridized carbons (Fsp3) is 0.769. The lowest BCUT2D eigenvalue weighted by Gasteiger charge is -2.51. The van der Waals surface area contributed by atoms with Crippen molar-refractivity contribution in [2.45, 2.75) is 173 Å². The smallest absolute Gasteiger partial charge is 0.187 e. The van der Waals surface area contributed by atoms with Crippen molar-refractivity contribution in [2.24, 2.45) is 0 Å². The normalized spacial score (nSPS) is 43.7. The molecule has 77 heavy (non-hydrogen) atoms. The Labute approximate surface area is 447 Å². The number of benzene rings is 2. The first kappa shape index (κ1) is 60.5. The molecule has 26 atom stereocenters. The summed E-state index contributed by atoms with van der Waals surface area (Å²) in [4.78, 5) is 0. The molecule has 6 aliphatic heterocycles. The highest BCUT2D eigenvalue weighted by Gasteiger charge is 2.58. The zero-order valence-corrected chi connectivity index (χ0v) is 44.5. The summed E-state index contributed by atoms with van der Waals surface area (Å²) >= 11 is 0. The zero-order chi connectivity index (χ0) is 54.9. The Morgan fingerprint density at radius 1 is 0.455 bits per heavy atom. The Morgan fingerprint density at radius 2 is 0.922 bits per heavy atom. The fourth-order valence-electron chi connectivity index (χ4n) is 11.1. The predicted molar refractivity (Wildman–Crippen MR) is 259 cm³/mol. The van der Waals surface area contributed by atoms with E-state index in [1.807, 2.05) is 55.5 Å². The van der Waals surface area contributed by atoms with Gasteiger partial charge in [-0.1, -0.05) is 60.7 Å². The van der Waals surface area contributed by atoms with Crippen molar-refractivity contribution in [3.8, 4) is 0 Å². The topological polar surface area (TPSA) is 297 Å². The molecule has 0 spiro atoms.